The quantitative estimate of drug-likeness (QED) is 0.358. The van der Waals surface area contributed by atoms with Gasteiger partial charge in [0, 0.05) is 24.7 Å². The van der Waals surface area contributed by atoms with Gasteiger partial charge in [-0.05, 0) is 41.5 Å². The van der Waals surface area contributed by atoms with Crippen LogP contribution in [0.25, 0.3) is 11.1 Å². The van der Waals surface area contributed by atoms with Crippen LogP contribution in [0.4, 0.5) is 0 Å². The molecule has 0 fully saturated rings. The SMILES string of the molecule is COC(c1ccc(C#N)cc1)(c1nc(Cl)c(C#N)cc1-c1cccc(Cl)c1)c1cncn1C. The summed E-state index contributed by atoms with van der Waals surface area (Å²) < 4.78 is 8.08. The Hall–Kier alpha value is -3.68. The molecule has 0 amide bonds. The van der Waals surface area contributed by atoms with Crippen molar-refractivity contribution in [3.8, 4) is 23.3 Å². The Morgan fingerprint density at radius 1 is 1.03 bits per heavy atom. The van der Waals surface area contributed by atoms with E-state index in [0.29, 0.717) is 33.1 Å². The van der Waals surface area contributed by atoms with Crippen LogP contribution in [0.5, 0.6) is 0 Å². The van der Waals surface area contributed by atoms with E-state index >= 15 is 0 Å². The average Bonchev–Trinajstić information content (AvgIpc) is 3.26. The molecule has 0 saturated carbocycles. The number of halogens is 2. The van der Waals surface area contributed by atoms with E-state index in [0.717, 1.165) is 5.56 Å². The number of hydrogen-bond donors (Lipinski definition) is 0. The molecule has 2 aromatic heterocycles. The molecule has 0 aliphatic heterocycles. The monoisotopic (exact) mass is 473 g/mol. The van der Waals surface area contributed by atoms with E-state index in [1.807, 2.05) is 35.9 Å². The van der Waals surface area contributed by atoms with Crippen LogP contribution in [0.2, 0.25) is 10.2 Å². The molecular weight excluding hydrogens is 457 g/mol. The lowest BCUT2D eigenvalue weighted by Gasteiger charge is -2.34. The highest BCUT2D eigenvalue weighted by molar-refractivity contribution is 6.31. The first-order chi connectivity index (χ1) is 15.9. The molecule has 0 N–H and O–H groups in total. The number of benzene rings is 2. The van der Waals surface area contributed by atoms with Crippen molar-refractivity contribution < 1.29 is 4.74 Å². The van der Waals surface area contributed by atoms with Crippen LogP contribution in [-0.4, -0.2) is 21.6 Å². The number of nitriles is 2. The van der Waals surface area contributed by atoms with Gasteiger partial charge in [0.2, 0.25) is 0 Å². The molecule has 0 aliphatic carbocycles. The minimum absolute atomic E-state index is 0.0514. The van der Waals surface area contributed by atoms with E-state index in [1.54, 1.807) is 50.0 Å². The summed E-state index contributed by atoms with van der Waals surface area (Å²) in [7, 11) is 3.42. The number of pyridine rings is 1. The summed E-state index contributed by atoms with van der Waals surface area (Å²) >= 11 is 12.7. The van der Waals surface area contributed by atoms with E-state index in [-0.39, 0.29) is 10.7 Å². The summed E-state index contributed by atoms with van der Waals surface area (Å²) in [6.07, 6.45) is 3.36. The lowest BCUT2D eigenvalue weighted by Crippen LogP contribution is -2.35. The van der Waals surface area contributed by atoms with Gasteiger partial charge in [-0.1, -0.05) is 47.5 Å². The zero-order valence-corrected chi connectivity index (χ0v) is 19.3. The molecule has 162 valence electrons. The Morgan fingerprint density at radius 3 is 2.36 bits per heavy atom. The fraction of sp³-hybridized carbons (Fsp3) is 0.120. The molecular formula is C25H17Cl2N5O. The number of ether oxygens (including phenoxy) is 1. The molecule has 0 bridgehead atoms. The van der Waals surface area contributed by atoms with Gasteiger partial charge in [0.25, 0.3) is 0 Å². The maximum absolute atomic E-state index is 9.62. The zero-order valence-electron chi connectivity index (χ0n) is 17.8. The van der Waals surface area contributed by atoms with E-state index in [4.69, 9.17) is 27.9 Å². The number of hydrogen-bond acceptors (Lipinski definition) is 5. The third-order valence-electron chi connectivity index (χ3n) is 5.47. The van der Waals surface area contributed by atoms with Crippen molar-refractivity contribution in [2.45, 2.75) is 5.60 Å². The summed E-state index contributed by atoms with van der Waals surface area (Å²) in [5, 5.41) is 19.5. The van der Waals surface area contributed by atoms with Crippen LogP contribution >= 0.6 is 23.2 Å². The minimum atomic E-state index is -1.26. The number of imidazole rings is 1. The number of aromatic nitrogens is 3. The molecule has 0 spiro atoms. The Morgan fingerprint density at radius 2 is 1.79 bits per heavy atom. The first-order valence-electron chi connectivity index (χ1n) is 9.84. The highest BCUT2D eigenvalue weighted by atomic mass is 35.5. The van der Waals surface area contributed by atoms with Crippen molar-refractivity contribution in [2.24, 2.45) is 7.05 Å². The Labute approximate surface area is 201 Å². The lowest BCUT2D eigenvalue weighted by molar-refractivity contribution is 0.0492. The van der Waals surface area contributed by atoms with E-state index in [9.17, 15) is 10.5 Å². The van der Waals surface area contributed by atoms with Crippen molar-refractivity contribution in [3.63, 3.8) is 0 Å². The third kappa shape index (κ3) is 3.86. The average molecular weight is 474 g/mol. The molecule has 33 heavy (non-hydrogen) atoms. The highest BCUT2D eigenvalue weighted by Crippen LogP contribution is 2.44. The van der Waals surface area contributed by atoms with Crippen molar-refractivity contribution in [1.29, 1.82) is 10.5 Å². The van der Waals surface area contributed by atoms with E-state index in [1.165, 1.54) is 0 Å². The van der Waals surface area contributed by atoms with Gasteiger partial charge in [0.1, 0.15) is 11.2 Å². The first-order valence-corrected chi connectivity index (χ1v) is 10.6. The zero-order chi connectivity index (χ0) is 23.6. The molecule has 1 unspecified atom stereocenters. The highest BCUT2D eigenvalue weighted by Gasteiger charge is 2.43. The predicted octanol–water partition coefficient (Wildman–Crippen LogP) is 5.47. The number of nitrogens with zero attached hydrogens (tertiary/aromatic N) is 5. The van der Waals surface area contributed by atoms with Gasteiger partial charge in [-0.3, -0.25) is 0 Å². The maximum Gasteiger partial charge on any atom is 0.177 e. The Balaban J connectivity index is 2.14. The van der Waals surface area contributed by atoms with Gasteiger partial charge >= 0.3 is 0 Å². The lowest BCUT2D eigenvalue weighted by atomic mass is 9.82. The molecule has 1 atom stereocenters. The van der Waals surface area contributed by atoms with Crippen LogP contribution in [0, 0.1) is 22.7 Å². The summed E-state index contributed by atoms with van der Waals surface area (Å²) in [6.45, 7) is 0. The van der Waals surface area contributed by atoms with Crippen LogP contribution in [0.3, 0.4) is 0 Å². The van der Waals surface area contributed by atoms with Crippen molar-refractivity contribution >= 4 is 23.2 Å². The number of aryl methyl sites for hydroxylation is 1. The van der Waals surface area contributed by atoms with Gasteiger partial charge in [0.05, 0.1) is 41.1 Å². The minimum Gasteiger partial charge on any atom is -0.361 e. The fourth-order valence-electron chi connectivity index (χ4n) is 3.91. The molecule has 6 nitrogen and oxygen atoms in total. The van der Waals surface area contributed by atoms with Gasteiger partial charge in [0.15, 0.2) is 5.60 Å². The topological polar surface area (TPSA) is 87.5 Å². The van der Waals surface area contributed by atoms with Crippen molar-refractivity contribution in [3.05, 3.63) is 105 Å². The summed E-state index contributed by atoms with van der Waals surface area (Å²) in [6, 6.07) is 20.2. The Bertz CT molecular complexity index is 1420. The first kappa shape index (κ1) is 22.5. The second kappa shape index (κ2) is 9.05. The van der Waals surface area contributed by atoms with Gasteiger partial charge < -0.3 is 9.30 Å². The second-order valence-corrected chi connectivity index (χ2v) is 8.10. The fourth-order valence-corrected chi connectivity index (χ4v) is 4.29. The van der Waals surface area contributed by atoms with Crippen LogP contribution in [0.15, 0.2) is 67.1 Å². The molecule has 0 radical (unpaired) electrons. The van der Waals surface area contributed by atoms with E-state index < -0.39 is 5.60 Å². The molecule has 0 aliphatic rings. The molecule has 2 heterocycles. The summed E-state index contributed by atoms with van der Waals surface area (Å²) in [5.41, 5.74) is 2.72. The van der Waals surface area contributed by atoms with E-state index in [2.05, 4.69) is 22.1 Å². The molecule has 2 aromatic carbocycles. The summed E-state index contributed by atoms with van der Waals surface area (Å²) in [5.74, 6) is 0. The number of methoxy groups -OCH3 is 1. The smallest absolute Gasteiger partial charge is 0.177 e. The maximum atomic E-state index is 9.62. The Kier molecular flexibility index (Phi) is 6.18. The molecule has 4 aromatic rings. The molecule has 4 rings (SSSR count). The number of rotatable bonds is 5. The van der Waals surface area contributed by atoms with Crippen LogP contribution in [-0.2, 0) is 17.4 Å². The normalized spacial score (nSPS) is 12.5. The predicted molar refractivity (Wildman–Crippen MR) is 126 cm³/mol. The molecule has 0 saturated heterocycles. The van der Waals surface area contributed by atoms with Crippen LogP contribution < -0.4 is 0 Å². The van der Waals surface area contributed by atoms with Crippen molar-refractivity contribution in [1.82, 2.24) is 14.5 Å². The largest absolute Gasteiger partial charge is 0.361 e. The summed E-state index contributed by atoms with van der Waals surface area (Å²) in [4.78, 5) is 8.97. The second-order valence-electron chi connectivity index (χ2n) is 7.31. The van der Waals surface area contributed by atoms with Gasteiger partial charge in [-0.25, -0.2) is 9.97 Å². The van der Waals surface area contributed by atoms with Crippen LogP contribution in [0.1, 0.15) is 28.1 Å². The van der Waals surface area contributed by atoms with Crippen molar-refractivity contribution in [2.75, 3.05) is 7.11 Å². The van der Waals surface area contributed by atoms with Gasteiger partial charge in [-0.15, -0.1) is 0 Å². The standard InChI is InChI=1S/C25H17Cl2N5O/c1-32-15-30-14-22(32)25(33-2,19-8-6-16(12-28)7-9-19)23-21(11-18(13-29)24(27)31-23)17-4-3-5-20(26)10-17/h3-11,14-15H,1-2H3. The van der Waals surface area contributed by atoms with Gasteiger partial charge in [-0.2, -0.15) is 10.5 Å². The third-order valence-corrected chi connectivity index (χ3v) is 5.99. The molecule has 8 heteroatoms.